The molecule has 0 aliphatic carbocycles. The maximum absolute atomic E-state index is 13.6. The standard InChI is InChI=1S/C31H28ClFN6O2/c1-2-41-29(40)15-12-20-7-5-8-21(17-20)23-19-35-31(36-22-13-14-25(33)24(32)18-22)39-30(23)34-16-6-11-28-37-26-9-3-4-10-27(26)38-28/h3-5,7-10,12-15,17-19H,2,6,11,16H2,1H3,(H,37,38)(H2,34,35,36,39). The minimum absolute atomic E-state index is 0.00300. The summed E-state index contributed by atoms with van der Waals surface area (Å²) in [5, 5.41) is 6.53. The van der Waals surface area contributed by atoms with E-state index in [1.807, 2.05) is 48.5 Å². The molecule has 208 valence electrons. The first-order valence-corrected chi connectivity index (χ1v) is 13.6. The van der Waals surface area contributed by atoms with Gasteiger partial charge in [0.1, 0.15) is 17.5 Å². The SMILES string of the molecule is CCOC(=O)C=Cc1cccc(-c2cnc(Nc3ccc(F)c(Cl)c3)nc2NCCCc2nc3ccccc3[nH]2)c1. The average Bonchev–Trinajstić information content (AvgIpc) is 3.40. The average molecular weight is 571 g/mol. The minimum atomic E-state index is -0.503. The summed E-state index contributed by atoms with van der Waals surface area (Å²) in [5.41, 5.74) is 5.00. The second-order valence-corrected chi connectivity index (χ2v) is 9.56. The fourth-order valence-corrected chi connectivity index (χ4v) is 4.42. The molecule has 0 radical (unpaired) electrons. The number of ether oxygens (including phenoxy) is 1. The number of fused-ring (bicyclic) bond motifs is 1. The van der Waals surface area contributed by atoms with Crippen molar-refractivity contribution in [1.29, 1.82) is 0 Å². The summed E-state index contributed by atoms with van der Waals surface area (Å²) in [6.45, 7) is 2.71. The lowest BCUT2D eigenvalue weighted by molar-refractivity contribution is -0.137. The second-order valence-electron chi connectivity index (χ2n) is 9.15. The third-order valence-electron chi connectivity index (χ3n) is 6.18. The molecule has 2 heterocycles. The van der Waals surface area contributed by atoms with Gasteiger partial charge in [-0.1, -0.05) is 41.9 Å². The zero-order valence-electron chi connectivity index (χ0n) is 22.3. The van der Waals surface area contributed by atoms with Crippen LogP contribution >= 0.6 is 11.6 Å². The Kier molecular flexibility index (Phi) is 8.85. The Labute approximate surface area is 241 Å². The van der Waals surface area contributed by atoms with Gasteiger partial charge in [0.05, 0.1) is 22.7 Å². The molecule has 5 rings (SSSR count). The normalized spacial score (nSPS) is 11.2. The highest BCUT2D eigenvalue weighted by Gasteiger charge is 2.12. The smallest absolute Gasteiger partial charge is 0.330 e. The van der Waals surface area contributed by atoms with Crippen LogP contribution in [-0.4, -0.2) is 39.1 Å². The van der Waals surface area contributed by atoms with Crippen LogP contribution in [0.25, 0.3) is 28.2 Å². The molecular formula is C31H28ClFN6O2. The first-order chi connectivity index (χ1) is 20.0. The first-order valence-electron chi connectivity index (χ1n) is 13.2. The number of nitrogens with one attached hydrogen (secondary N) is 3. The van der Waals surface area contributed by atoms with Crippen LogP contribution in [0.15, 0.2) is 79.0 Å². The molecule has 2 aromatic heterocycles. The van der Waals surface area contributed by atoms with E-state index in [1.54, 1.807) is 25.3 Å². The summed E-state index contributed by atoms with van der Waals surface area (Å²) in [6.07, 6.45) is 6.39. The molecule has 0 saturated heterocycles. The molecular weight excluding hydrogens is 543 g/mol. The van der Waals surface area contributed by atoms with Gasteiger partial charge in [0.15, 0.2) is 0 Å². The predicted octanol–water partition coefficient (Wildman–Crippen LogP) is 7.18. The zero-order valence-corrected chi connectivity index (χ0v) is 23.1. The monoisotopic (exact) mass is 570 g/mol. The van der Waals surface area contributed by atoms with Crippen molar-refractivity contribution in [3.8, 4) is 11.1 Å². The lowest BCUT2D eigenvalue weighted by Crippen LogP contribution is -2.09. The van der Waals surface area contributed by atoms with Crippen molar-refractivity contribution < 1.29 is 13.9 Å². The Hall–Kier alpha value is -4.76. The van der Waals surface area contributed by atoms with Crippen molar-refractivity contribution in [2.75, 3.05) is 23.8 Å². The molecule has 0 saturated carbocycles. The first kappa shape index (κ1) is 27.8. The van der Waals surface area contributed by atoms with Crippen molar-refractivity contribution in [3.05, 3.63) is 101 Å². The molecule has 3 N–H and O–H groups in total. The summed E-state index contributed by atoms with van der Waals surface area (Å²) in [4.78, 5) is 29.0. The van der Waals surface area contributed by atoms with Gasteiger partial charge >= 0.3 is 5.97 Å². The van der Waals surface area contributed by atoms with Crippen LogP contribution in [0.2, 0.25) is 5.02 Å². The molecule has 3 aromatic carbocycles. The number of hydrogen-bond acceptors (Lipinski definition) is 7. The highest BCUT2D eigenvalue weighted by atomic mass is 35.5. The molecule has 0 unspecified atom stereocenters. The van der Waals surface area contributed by atoms with Crippen molar-refractivity contribution in [2.45, 2.75) is 19.8 Å². The summed E-state index contributed by atoms with van der Waals surface area (Å²) in [6, 6.07) is 20.0. The van der Waals surface area contributed by atoms with Crippen LogP contribution in [-0.2, 0) is 16.0 Å². The molecule has 10 heteroatoms. The Balaban J connectivity index is 1.36. The van der Waals surface area contributed by atoms with Gasteiger partial charge in [0.2, 0.25) is 5.95 Å². The molecule has 0 aliphatic heterocycles. The number of esters is 1. The summed E-state index contributed by atoms with van der Waals surface area (Å²) < 4.78 is 18.6. The maximum atomic E-state index is 13.6. The molecule has 5 aromatic rings. The van der Waals surface area contributed by atoms with Crippen molar-refractivity contribution in [3.63, 3.8) is 0 Å². The fourth-order valence-electron chi connectivity index (χ4n) is 4.24. The Morgan fingerprint density at radius 2 is 1.98 bits per heavy atom. The Morgan fingerprint density at radius 1 is 1.10 bits per heavy atom. The quantitative estimate of drug-likeness (QED) is 0.0877. The third-order valence-corrected chi connectivity index (χ3v) is 6.47. The van der Waals surface area contributed by atoms with E-state index in [9.17, 15) is 9.18 Å². The van der Waals surface area contributed by atoms with Gasteiger partial charge in [0, 0.05) is 36.5 Å². The predicted molar refractivity (Wildman–Crippen MR) is 161 cm³/mol. The highest BCUT2D eigenvalue weighted by Crippen LogP contribution is 2.29. The van der Waals surface area contributed by atoms with Crippen molar-refractivity contribution in [2.24, 2.45) is 0 Å². The number of hydrogen-bond donors (Lipinski definition) is 3. The minimum Gasteiger partial charge on any atom is -0.463 e. The number of rotatable bonds is 11. The topological polar surface area (TPSA) is 105 Å². The lowest BCUT2D eigenvalue weighted by atomic mass is 10.0. The van der Waals surface area contributed by atoms with Gasteiger partial charge in [-0.15, -0.1) is 0 Å². The number of carbonyl (C=O) groups is 1. The third kappa shape index (κ3) is 7.26. The van der Waals surface area contributed by atoms with Gasteiger partial charge < -0.3 is 20.4 Å². The van der Waals surface area contributed by atoms with E-state index < -0.39 is 11.8 Å². The van der Waals surface area contributed by atoms with Crippen LogP contribution in [0.5, 0.6) is 0 Å². The van der Waals surface area contributed by atoms with Crippen LogP contribution in [0.1, 0.15) is 24.7 Å². The number of imidazole rings is 1. The number of aryl methyl sites for hydroxylation is 1. The number of para-hydroxylation sites is 2. The van der Waals surface area contributed by atoms with Gasteiger partial charge in [-0.2, -0.15) is 4.98 Å². The van der Waals surface area contributed by atoms with Crippen LogP contribution in [0, 0.1) is 5.82 Å². The molecule has 0 aliphatic rings. The second kappa shape index (κ2) is 13.1. The van der Waals surface area contributed by atoms with Crippen LogP contribution in [0.3, 0.4) is 0 Å². The number of halogens is 2. The number of benzene rings is 3. The number of H-pyrrole nitrogens is 1. The largest absolute Gasteiger partial charge is 0.463 e. The van der Waals surface area contributed by atoms with Gasteiger partial charge in [0.25, 0.3) is 0 Å². The van der Waals surface area contributed by atoms with E-state index in [-0.39, 0.29) is 5.02 Å². The van der Waals surface area contributed by atoms with E-state index in [2.05, 4.69) is 25.6 Å². The molecule has 0 amide bonds. The van der Waals surface area contributed by atoms with Gasteiger partial charge in [-0.3, -0.25) is 0 Å². The summed E-state index contributed by atoms with van der Waals surface area (Å²) in [5.74, 6) is 0.968. The highest BCUT2D eigenvalue weighted by molar-refractivity contribution is 6.31. The van der Waals surface area contributed by atoms with E-state index in [4.69, 9.17) is 21.3 Å². The molecule has 0 spiro atoms. The Morgan fingerprint density at radius 3 is 2.80 bits per heavy atom. The summed E-state index contributed by atoms with van der Waals surface area (Å²) in [7, 11) is 0. The fraction of sp³-hybridized carbons (Fsp3) is 0.161. The molecule has 0 bridgehead atoms. The number of aromatic nitrogens is 4. The van der Waals surface area contributed by atoms with E-state index in [1.165, 1.54) is 18.2 Å². The van der Waals surface area contributed by atoms with Crippen molar-refractivity contribution in [1.82, 2.24) is 19.9 Å². The lowest BCUT2D eigenvalue weighted by Gasteiger charge is -2.14. The van der Waals surface area contributed by atoms with Crippen LogP contribution in [0.4, 0.5) is 21.8 Å². The number of anilines is 3. The molecule has 0 fully saturated rings. The molecule has 8 nitrogen and oxygen atoms in total. The molecule has 0 atom stereocenters. The summed E-state index contributed by atoms with van der Waals surface area (Å²) >= 11 is 5.94. The van der Waals surface area contributed by atoms with E-state index in [0.29, 0.717) is 30.6 Å². The van der Waals surface area contributed by atoms with Gasteiger partial charge in [-0.25, -0.2) is 19.2 Å². The number of nitrogens with zero attached hydrogens (tertiary/aromatic N) is 3. The van der Waals surface area contributed by atoms with E-state index in [0.717, 1.165) is 46.4 Å². The molecule has 41 heavy (non-hydrogen) atoms. The maximum Gasteiger partial charge on any atom is 0.330 e. The zero-order chi connectivity index (χ0) is 28.6. The van der Waals surface area contributed by atoms with E-state index >= 15 is 0 Å². The van der Waals surface area contributed by atoms with Crippen LogP contribution < -0.4 is 10.6 Å². The number of aromatic amines is 1. The number of carbonyl (C=O) groups excluding carboxylic acids is 1. The Bertz CT molecular complexity index is 1670. The van der Waals surface area contributed by atoms with Gasteiger partial charge in [-0.05, 0) is 66.9 Å². The van der Waals surface area contributed by atoms with Crippen molar-refractivity contribution >= 4 is 52.1 Å².